The van der Waals surface area contributed by atoms with E-state index < -0.39 is 0 Å². The molecule has 166 valence electrons. The zero-order valence-electron chi connectivity index (χ0n) is 19.2. The first-order chi connectivity index (χ1) is 14.2. The third-order valence-corrected chi connectivity index (χ3v) is 6.78. The number of ether oxygens (including phenoxy) is 1. The molecule has 0 aliphatic heterocycles. The van der Waals surface area contributed by atoms with Gasteiger partial charge in [0.15, 0.2) is 0 Å². The van der Waals surface area contributed by atoms with Crippen molar-refractivity contribution >= 4 is 0 Å². The Morgan fingerprint density at radius 3 is 2.07 bits per heavy atom. The van der Waals surface area contributed by atoms with Crippen LogP contribution in [-0.2, 0) is 6.42 Å². The lowest BCUT2D eigenvalue weighted by molar-refractivity contribution is 0.228. The maximum atomic E-state index is 14.3. The Morgan fingerprint density at radius 1 is 0.793 bits per heavy atom. The van der Waals surface area contributed by atoms with Gasteiger partial charge in [0.05, 0.1) is 6.61 Å². The molecular formula is C27H45FO. The summed E-state index contributed by atoms with van der Waals surface area (Å²) in [6, 6.07) is 5.46. The average molecular weight is 405 g/mol. The maximum absolute atomic E-state index is 14.3. The van der Waals surface area contributed by atoms with Crippen LogP contribution in [0.25, 0.3) is 0 Å². The van der Waals surface area contributed by atoms with Crippen molar-refractivity contribution in [2.24, 2.45) is 11.8 Å². The molecule has 0 saturated heterocycles. The van der Waals surface area contributed by atoms with Crippen molar-refractivity contribution in [3.8, 4) is 5.75 Å². The van der Waals surface area contributed by atoms with E-state index in [0.717, 1.165) is 36.7 Å². The SMILES string of the molecule is CCCCCCCc1ccc(OCCC[C@H]2CC[C@H](CCCCC)CC2)cc1F. The fraction of sp³-hybridized carbons (Fsp3) is 0.778. The zero-order chi connectivity index (χ0) is 20.7. The van der Waals surface area contributed by atoms with Crippen molar-refractivity contribution in [2.75, 3.05) is 6.61 Å². The van der Waals surface area contributed by atoms with E-state index in [1.807, 2.05) is 12.1 Å². The van der Waals surface area contributed by atoms with Crippen LogP contribution in [0.3, 0.4) is 0 Å². The number of unbranched alkanes of at least 4 members (excludes halogenated alkanes) is 6. The van der Waals surface area contributed by atoms with Crippen LogP contribution < -0.4 is 4.74 Å². The lowest BCUT2D eigenvalue weighted by Crippen LogP contribution is -2.15. The topological polar surface area (TPSA) is 9.23 Å². The number of hydrogen-bond acceptors (Lipinski definition) is 1. The standard InChI is InChI=1S/C27H45FO/c1-3-5-7-8-10-14-25-19-20-26(22-27(25)28)29-21-11-13-24-17-15-23(16-18-24)12-9-6-4-2/h19-20,22-24H,3-18,21H2,1-2H3/t23-,24-. The van der Waals surface area contributed by atoms with Gasteiger partial charge in [-0.25, -0.2) is 4.39 Å². The van der Waals surface area contributed by atoms with Crippen molar-refractivity contribution in [1.29, 1.82) is 0 Å². The quantitative estimate of drug-likeness (QED) is 0.265. The molecule has 1 fully saturated rings. The molecule has 0 N–H and O–H groups in total. The minimum absolute atomic E-state index is 0.0978. The second-order valence-electron chi connectivity index (χ2n) is 9.29. The fourth-order valence-electron chi connectivity index (χ4n) is 4.79. The second kappa shape index (κ2) is 14.9. The molecule has 1 nitrogen and oxygen atoms in total. The summed E-state index contributed by atoms with van der Waals surface area (Å²) in [5.41, 5.74) is 0.838. The van der Waals surface area contributed by atoms with E-state index in [1.165, 1.54) is 83.5 Å². The van der Waals surface area contributed by atoms with E-state index in [1.54, 1.807) is 6.07 Å². The number of hydrogen-bond donors (Lipinski definition) is 0. The number of aryl methyl sites for hydroxylation is 1. The molecule has 1 aromatic rings. The molecule has 0 atom stereocenters. The molecule has 0 aromatic heterocycles. The first kappa shape index (κ1) is 24.2. The Hall–Kier alpha value is -1.05. The molecular weight excluding hydrogens is 359 g/mol. The molecule has 1 aromatic carbocycles. The van der Waals surface area contributed by atoms with E-state index >= 15 is 0 Å². The molecule has 0 bridgehead atoms. The first-order valence-electron chi connectivity index (χ1n) is 12.6. The van der Waals surface area contributed by atoms with E-state index in [9.17, 15) is 4.39 Å². The molecule has 1 aliphatic rings. The lowest BCUT2D eigenvalue weighted by atomic mass is 9.78. The van der Waals surface area contributed by atoms with E-state index in [4.69, 9.17) is 4.74 Å². The van der Waals surface area contributed by atoms with E-state index in [0.29, 0.717) is 12.4 Å². The van der Waals surface area contributed by atoms with Crippen molar-refractivity contribution < 1.29 is 9.13 Å². The summed E-state index contributed by atoms with van der Waals surface area (Å²) in [6.45, 7) is 5.22. The lowest BCUT2D eigenvalue weighted by Gasteiger charge is -2.28. The predicted octanol–water partition coefficient (Wildman–Crippen LogP) is 8.88. The molecule has 0 unspecified atom stereocenters. The van der Waals surface area contributed by atoms with Gasteiger partial charge in [0.2, 0.25) is 0 Å². The normalized spacial score (nSPS) is 19.4. The minimum atomic E-state index is -0.0978. The molecule has 0 spiro atoms. The molecule has 2 heteroatoms. The fourth-order valence-corrected chi connectivity index (χ4v) is 4.79. The molecule has 1 saturated carbocycles. The molecule has 29 heavy (non-hydrogen) atoms. The summed E-state index contributed by atoms with van der Waals surface area (Å²) in [5.74, 6) is 2.46. The highest BCUT2D eigenvalue weighted by atomic mass is 19.1. The predicted molar refractivity (Wildman–Crippen MR) is 123 cm³/mol. The van der Waals surface area contributed by atoms with Gasteiger partial charge in [-0.1, -0.05) is 97.0 Å². The van der Waals surface area contributed by atoms with Gasteiger partial charge in [0, 0.05) is 6.07 Å². The summed E-state index contributed by atoms with van der Waals surface area (Å²) in [4.78, 5) is 0. The molecule has 0 amide bonds. The largest absolute Gasteiger partial charge is 0.493 e. The summed E-state index contributed by atoms with van der Waals surface area (Å²) >= 11 is 0. The Labute approximate surface area is 179 Å². The van der Waals surface area contributed by atoms with Gasteiger partial charge in [-0.05, 0) is 49.1 Å². The second-order valence-corrected chi connectivity index (χ2v) is 9.29. The van der Waals surface area contributed by atoms with Crippen LogP contribution in [0.1, 0.15) is 116 Å². The highest BCUT2D eigenvalue weighted by Gasteiger charge is 2.20. The molecule has 1 aliphatic carbocycles. The molecule has 0 heterocycles. The highest BCUT2D eigenvalue weighted by molar-refractivity contribution is 5.29. The van der Waals surface area contributed by atoms with Crippen LogP contribution >= 0.6 is 0 Å². The summed E-state index contributed by atoms with van der Waals surface area (Å²) in [6.07, 6.45) is 20.6. The van der Waals surface area contributed by atoms with E-state index in [2.05, 4.69) is 13.8 Å². The van der Waals surface area contributed by atoms with Crippen molar-refractivity contribution in [3.63, 3.8) is 0 Å². The first-order valence-corrected chi connectivity index (χ1v) is 12.6. The Kier molecular flexibility index (Phi) is 12.4. The molecule has 2 rings (SSSR count). The Morgan fingerprint density at radius 2 is 1.41 bits per heavy atom. The van der Waals surface area contributed by atoms with Crippen molar-refractivity contribution in [1.82, 2.24) is 0 Å². The van der Waals surface area contributed by atoms with Crippen LogP contribution in [0.15, 0.2) is 18.2 Å². The minimum Gasteiger partial charge on any atom is -0.493 e. The van der Waals surface area contributed by atoms with Gasteiger partial charge < -0.3 is 4.74 Å². The van der Waals surface area contributed by atoms with Crippen molar-refractivity contribution in [2.45, 2.75) is 117 Å². The average Bonchev–Trinajstić information content (AvgIpc) is 2.73. The Bertz CT molecular complexity index is 533. The molecule has 0 radical (unpaired) electrons. The third kappa shape index (κ3) is 10.0. The van der Waals surface area contributed by atoms with Gasteiger partial charge in [-0.15, -0.1) is 0 Å². The van der Waals surface area contributed by atoms with Gasteiger partial charge >= 0.3 is 0 Å². The highest BCUT2D eigenvalue weighted by Crippen LogP contribution is 2.34. The summed E-state index contributed by atoms with van der Waals surface area (Å²) in [5, 5.41) is 0. The third-order valence-electron chi connectivity index (χ3n) is 6.78. The Balaban J connectivity index is 1.57. The van der Waals surface area contributed by atoms with Gasteiger partial charge in [0.1, 0.15) is 11.6 Å². The maximum Gasteiger partial charge on any atom is 0.130 e. The van der Waals surface area contributed by atoms with Crippen LogP contribution in [0.5, 0.6) is 5.75 Å². The van der Waals surface area contributed by atoms with Gasteiger partial charge in [0.25, 0.3) is 0 Å². The van der Waals surface area contributed by atoms with Gasteiger partial charge in [-0.2, -0.15) is 0 Å². The van der Waals surface area contributed by atoms with Gasteiger partial charge in [-0.3, -0.25) is 0 Å². The van der Waals surface area contributed by atoms with E-state index in [-0.39, 0.29) is 5.82 Å². The summed E-state index contributed by atoms with van der Waals surface area (Å²) < 4.78 is 20.1. The van der Waals surface area contributed by atoms with Crippen molar-refractivity contribution in [3.05, 3.63) is 29.6 Å². The summed E-state index contributed by atoms with van der Waals surface area (Å²) in [7, 11) is 0. The zero-order valence-corrected chi connectivity index (χ0v) is 19.2. The number of rotatable bonds is 15. The smallest absolute Gasteiger partial charge is 0.130 e. The number of benzene rings is 1. The number of halogens is 1. The van der Waals surface area contributed by atoms with Crippen LogP contribution in [-0.4, -0.2) is 6.61 Å². The van der Waals surface area contributed by atoms with Crippen LogP contribution in [0.2, 0.25) is 0 Å². The monoisotopic (exact) mass is 404 g/mol. The van der Waals surface area contributed by atoms with Crippen LogP contribution in [0, 0.1) is 17.7 Å². The van der Waals surface area contributed by atoms with Crippen LogP contribution in [0.4, 0.5) is 4.39 Å².